The molecule has 0 aliphatic carbocycles. The zero-order chi connectivity index (χ0) is 22.0. The average Bonchev–Trinajstić information content (AvgIpc) is 3.42. The van der Waals surface area contributed by atoms with Crippen molar-refractivity contribution in [2.24, 2.45) is 0 Å². The lowest BCUT2D eigenvalue weighted by molar-refractivity contribution is -0.119. The predicted octanol–water partition coefficient (Wildman–Crippen LogP) is 3.50. The molecule has 0 spiro atoms. The highest BCUT2D eigenvalue weighted by molar-refractivity contribution is 7.89. The molecule has 1 atom stereocenters. The highest BCUT2D eigenvalue weighted by Gasteiger charge is 2.39. The van der Waals surface area contributed by atoms with Crippen LogP contribution in [0.25, 0.3) is 10.2 Å². The van der Waals surface area contributed by atoms with Crippen LogP contribution in [-0.2, 0) is 14.8 Å². The van der Waals surface area contributed by atoms with E-state index in [0.717, 1.165) is 4.70 Å². The molecule has 2 heterocycles. The van der Waals surface area contributed by atoms with E-state index in [-0.39, 0.29) is 10.8 Å². The van der Waals surface area contributed by atoms with E-state index in [4.69, 9.17) is 9.47 Å². The van der Waals surface area contributed by atoms with Crippen molar-refractivity contribution in [2.75, 3.05) is 25.6 Å². The molecule has 31 heavy (non-hydrogen) atoms. The van der Waals surface area contributed by atoms with Crippen molar-refractivity contribution in [1.29, 1.82) is 0 Å². The topological polar surface area (TPSA) is 97.8 Å². The van der Waals surface area contributed by atoms with Gasteiger partial charge in [-0.25, -0.2) is 13.4 Å². The molecule has 2 aromatic carbocycles. The fraction of sp³-hybridized carbons (Fsp3) is 0.333. The van der Waals surface area contributed by atoms with E-state index in [0.29, 0.717) is 48.1 Å². The lowest BCUT2D eigenvalue weighted by atomic mass is 10.2. The van der Waals surface area contributed by atoms with Gasteiger partial charge in [0.05, 0.1) is 23.3 Å². The zero-order valence-corrected chi connectivity index (χ0v) is 18.8. The van der Waals surface area contributed by atoms with Crippen LogP contribution in [-0.4, -0.2) is 49.9 Å². The van der Waals surface area contributed by atoms with Gasteiger partial charge in [-0.2, -0.15) is 4.31 Å². The highest BCUT2D eigenvalue weighted by Crippen LogP contribution is 2.33. The molecule has 1 aromatic heterocycles. The van der Waals surface area contributed by atoms with Crippen LogP contribution in [0.2, 0.25) is 0 Å². The van der Waals surface area contributed by atoms with Crippen LogP contribution in [0.15, 0.2) is 47.4 Å². The monoisotopic (exact) mass is 461 g/mol. The molecule has 4 rings (SSSR count). The van der Waals surface area contributed by atoms with E-state index in [1.807, 2.05) is 25.1 Å². The summed E-state index contributed by atoms with van der Waals surface area (Å²) in [5.41, 5.74) is 0.679. The molecule has 0 bridgehead atoms. The SMILES string of the molecule is CCOc1cccc2sc(NC(=O)C3CCCN3S(=O)(=O)c3ccc(OC)cc3)nc12. The molecule has 0 saturated carbocycles. The van der Waals surface area contributed by atoms with E-state index in [2.05, 4.69) is 10.3 Å². The molecule has 1 aliphatic rings. The Morgan fingerprint density at radius 2 is 2.03 bits per heavy atom. The largest absolute Gasteiger partial charge is 0.497 e. The number of hydrogen-bond acceptors (Lipinski definition) is 7. The van der Waals surface area contributed by atoms with Crippen LogP contribution < -0.4 is 14.8 Å². The first kappa shape index (κ1) is 21.5. The lowest BCUT2D eigenvalue weighted by Gasteiger charge is -2.23. The summed E-state index contributed by atoms with van der Waals surface area (Å²) in [7, 11) is -2.29. The van der Waals surface area contributed by atoms with Crippen molar-refractivity contribution in [1.82, 2.24) is 9.29 Å². The van der Waals surface area contributed by atoms with Gasteiger partial charge in [0.25, 0.3) is 0 Å². The first-order valence-corrected chi connectivity index (χ1v) is 12.2. The maximum absolute atomic E-state index is 13.1. The van der Waals surface area contributed by atoms with Crippen molar-refractivity contribution in [3.63, 3.8) is 0 Å². The number of amides is 1. The number of nitrogens with zero attached hydrogens (tertiary/aromatic N) is 2. The van der Waals surface area contributed by atoms with Crippen molar-refractivity contribution in [3.05, 3.63) is 42.5 Å². The third kappa shape index (κ3) is 4.23. The number of benzene rings is 2. The van der Waals surface area contributed by atoms with Crippen molar-refractivity contribution in [3.8, 4) is 11.5 Å². The fourth-order valence-electron chi connectivity index (χ4n) is 3.61. The Morgan fingerprint density at radius 1 is 1.26 bits per heavy atom. The minimum absolute atomic E-state index is 0.134. The Morgan fingerprint density at radius 3 is 2.74 bits per heavy atom. The third-order valence-electron chi connectivity index (χ3n) is 5.08. The fourth-order valence-corrected chi connectivity index (χ4v) is 6.15. The van der Waals surface area contributed by atoms with Gasteiger partial charge < -0.3 is 14.8 Å². The Balaban J connectivity index is 1.55. The Hall–Kier alpha value is -2.69. The minimum Gasteiger partial charge on any atom is -0.497 e. The van der Waals surface area contributed by atoms with Crippen LogP contribution >= 0.6 is 11.3 Å². The molecular weight excluding hydrogens is 438 g/mol. The average molecular weight is 462 g/mol. The number of methoxy groups -OCH3 is 1. The second kappa shape index (κ2) is 8.81. The third-order valence-corrected chi connectivity index (χ3v) is 7.94. The molecule has 1 fully saturated rings. The second-order valence-corrected chi connectivity index (χ2v) is 9.91. The molecule has 10 heteroatoms. The number of aromatic nitrogens is 1. The molecule has 164 valence electrons. The van der Waals surface area contributed by atoms with Gasteiger partial charge in [-0.3, -0.25) is 4.79 Å². The minimum atomic E-state index is -3.81. The maximum atomic E-state index is 13.1. The zero-order valence-electron chi connectivity index (χ0n) is 17.2. The van der Waals surface area contributed by atoms with Crippen molar-refractivity contribution >= 4 is 42.6 Å². The van der Waals surface area contributed by atoms with Gasteiger partial charge in [-0.1, -0.05) is 17.4 Å². The van der Waals surface area contributed by atoms with Crippen molar-refractivity contribution < 1.29 is 22.7 Å². The molecule has 8 nitrogen and oxygen atoms in total. The van der Waals surface area contributed by atoms with Gasteiger partial charge in [0.15, 0.2) is 5.13 Å². The number of hydrogen-bond donors (Lipinski definition) is 1. The summed E-state index contributed by atoms with van der Waals surface area (Å²) in [6.07, 6.45) is 1.07. The number of fused-ring (bicyclic) bond motifs is 1. The van der Waals surface area contributed by atoms with Crippen LogP contribution in [0.4, 0.5) is 5.13 Å². The molecule has 1 N–H and O–H groups in total. The first-order valence-electron chi connectivity index (χ1n) is 9.93. The number of anilines is 1. The molecule has 1 aliphatic heterocycles. The maximum Gasteiger partial charge on any atom is 0.244 e. The number of thiazole rings is 1. The Bertz CT molecular complexity index is 1190. The number of sulfonamides is 1. The summed E-state index contributed by atoms with van der Waals surface area (Å²) in [5.74, 6) is 0.838. The van der Waals surface area contributed by atoms with Gasteiger partial charge >= 0.3 is 0 Å². The molecule has 0 radical (unpaired) electrons. The predicted molar refractivity (Wildman–Crippen MR) is 119 cm³/mol. The molecule has 1 saturated heterocycles. The molecular formula is C21H23N3O5S2. The number of carbonyl (C=O) groups excluding carboxylic acids is 1. The van der Waals surface area contributed by atoms with Gasteiger partial charge in [0.2, 0.25) is 15.9 Å². The normalized spacial score (nSPS) is 17.0. The number of ether oxygens (including phenoxy) is 2. The summed E-state index contributed by atoms with van der Waals surface area (Å²) in [5, 5.41) is 3.22. The summed E-state index contributed by atoms with van der Waals surface area (Å²) in [6.45, 7) is 2.70. The van der Waals surface area contributed by atoms with Crippen LogP contribution in [0.3, 0.4) is 0 Å². The Kier molecular flexibility index (Phi) is 6.12. The van der Waals surface area contributed by atoms with Gasteiger partial charge in [0.1, 0.15) is 23.1 Å². The summed E-state index contributed by atoms with van der Waals surface area (Å²) < 4.78 is 39.1. The highest BCUT2D eigenvalue weighted by atomic mass is 32.2. The second-order valence-electron chi connectivity index (χ2n) is 6.99. The molecule has 1 unspecified atom stereocenters. The van der Waals surface area contributed by atoms with E-state index in [1.165, 1.54) is 34.9 Å². The van der Waals surface area contributed by atoms with E-state index in [9.17, 15) is 13.2 Å². The van der Waals surface area contributed by atoms with Gasteiger partial charge in [0, 0.05) is 6.54 Å². The van der Waals surface area contributed by atoms with Gasteiger partial charge in [-0.15, -0.1) is 0 Å². The lowest BCUT2D eigenvalue weighted by Crippen LogP contribution is -2.43. The number of carbonyl (C=O) groups is 1. The summed E-state index contributed by atoms with van der Waals surface area (Å²) in [4.78, 5) is 17.6. The number of nitrogens with one attached hydrogen (secondary N) is 1. The van der Waals surface area contributed by atoms with Crippen LogP contribution in [0.5, 0.6) is 11.5 Å². The van der Waals surface area contributed by atoms with E-state index in [1.54, 1.807) is 12.1 Å². The van der Waals surface area contributed by atoms with Gasteiger partial charge in [-0.05, 0) is 56.2 Å². The van der Waals surface area contributed by atoms with E-state index < -0.39 is 16.1 Å². The smallest absolute Gasteiger partial charge is 0.244 e. The number of para-hydroxylation sites is 1. The van der Waals surface area contributed by atoms with Crippen molar-refractivity contribution in [2.45, 2.75) is 30.7 Å². The first-order chi connectivity index (χ1) is 14.9. The molecule has 3 aromatic rings. The Labute approximate surface area is 184 Å². The number of rotatable bonds is 7. The standard InChI is InChI=1S/C21H23N3O5S2/c1-3-29-17-7-4-8-18-19(17)22-21(30-18)23-20(25)16-6-5-13-24(16)31(26,27)15-11-9-14(28-2)10-12-15/h4,7-12,16H,3,5-6,13H2,1-2H3,(H,22,23,25). The molecule has 1 amide bonds. The summed E-state index contributed by atoms with van der Waals surface area (Å²) in [6, 6.07) is 11.0. The van der Waals surface area contributed by atoms with E-state index >= 15 is 0 Å². The summed E-state index contributed by atoms with van der Waals surface area (Å²) >= 11 is 1.33. The van der Waals surface area contributed by atoms with Crippen LogP contribution in [0.1, 0.15) is 19.8 Å². The van der Waals surface area contributed by atoms with Crippen LogP contribution in [0, 0.1) is 0 Å². The quantitative estimate of drug-likeness (QED) is 0.578.